The Balaban J connectivity index is 1.05. The Morgan fingerprint density at radius 2 is 1.31 bits per heavy atom. The van der Waals surface area contributed by atoms with Gasteiger partial charge in [-0.05, 0) is 92.9 Å². The molecule has 1 saturated heterocycles. The minimum Gasteiger partial charge on any atom is -0.432 e. The molecule has 0 bridgehead atoms. The summed E-state index contributed by atoms with van der Waals surface area (Å²) >= 11 is 0. The van der Waals surface area contributed by atoms with Crippen molar-refractivity contribution < 1.29 is 45.3 Å². The monoisotopic (exact) mass is 642 g/mol. The third-order valence-electron chi connectivity index (χ3n) is 9.83. The number of hydrogen-bond acceptors (Lipinski definition) is 4. The van der Waals surface area contributed by atoms with Crippen molar-refractivity contribution in [3.8, 4) is 11.5 Å². The second-order valence-electron chi connectivity index (χ2n) is 13.0. The summed E-state index contributed by atoms with van der Waals surface area (Å²) in [5.41, 5.74) is 2.45. The Bertz CT molecular complexity index is 1200. The van der Waals surface area contributed by atoms with Gasteiger partial charge in [0.1, 0.15) is 5.75 Å². The Labute approximate surface area is 261 Å². The second-order valence-corrected chi connectivity index (χ2v) is 13.0. The number of alkyl halides is 5. The van der Waals surface area contributed by atoms with Gasteiger partial charge in [-0.3, -0.25) is 0 Å². The first-order valence-corrected chi connectivity index (χ1v) is 16.5. The van der Waals surface area contributed by atoms with E-state index in [0.29, 0.717) is 42.7 Å². The van der Waals surface area contributed by atoms with E-state index < -0.39 is 35.7 Å². The highest BCUT2D eigenvalue weighted by Gasteiger charge is 2.44. The average Bonchev–Trinajstić information content (AvgIpc) is 3.02. The molecule has 1 aliphatic heterocycles. The summed E-state index contributed by atoms with van der Waals surface area (Å²) in [6, 6.07) is 10.6. The predicted octanol–water partition coefficient (Wildman–Crippen LogP) is 10.5. The zero-order chi connectivity index (χ0) is 32.0. The number of hydrogen-bond donors (Lipinski definition) is 0. The molecule has 0 spiro atoms. The molecule has 2 aromatic rings. The molecule has 0 aromatic heterocycles. The van der Waals surface area contributed by atoms with Crippen LogP contribution in [0.2, 0.25) is 0 Å². The molecule has 2 aromatic carbocycles. The van der Waals surface area contributed by atoms with Crippen molar-refractivity contribution in [2.75, 3.05) is 13.2 Å². The molecular formula is C35H44F6O4. The van der Waals surface area contributed by atoms with E-state index in [1.54, 1.807) is 0 Å². The molecule has 5 rings (SSSR count). The molecule has 10 heteroatoms. The maximum atomic E-state index is 14.9. The molecule has 4 nitrogen and oxygen atoms in total. The largest absolute Gasteiger partial charge is 0.573 e. The van der Waals surface area contributed by atoms with Crippen molar-refractivity contribution in [2.45, 2.75) is 115 Å². The van der Waals surface area contributed by atoms with Crippen molar-refractivity contribution in [1.82, 2.24) is 0 Å². The maximum Gasteiger partial charge on any atom is 0.573 e. The third kappa shape index (κ3) is 9.31. The van der Waals surface area contributed by atoms with Gasteiger partial charge in [0.2, 0.25) is 0 Å². The summed E-state index contributed by atoms with van der Waals surface area (Å²) in [6.45, 7) is 3.83. The molecular weight excluding hydrogens is 598 g/mol. The van der Waals surface area contributed by atoms with Crippen LogP contribution < -0.4 is 9.47 Å². The van der Waals surface area contributed by atoms with E-state index in [1.165, 1.54) is 31.2 Å². The molecule has 3 aliphatic rings. The molecule has 250 valence electrons. The van der Waals surface area contributed by atoms with Crippen LogP contribution in [0.15, 0.2) is 42.5 Å². The molecule has 2 aliphatic carbocycles. The number of unbranched alkanes of at least 4 members (excludes halogenated alkanes) is 2. The van der Waals surface area contributed by atoms with E-state index in [2.05, 4.69) is 35.9 Å². The first-order chi connectivity index (χ1) is 21.5. The fourth-order valence-electron chi connectivity index (χ4n) is 7.20. The van der Waals surface area contributed by atoms with Gasteiger partial charge >= 0.3 is 12.5 Å². The van der Waals surface area contributed by atoms with Crippen LogP contribution in [0.1, 0.15) is 107 Å². The van der Waals surface area contributed by atoms with Crippen LogP contribution in [0.3, 0.4) is 0 Å². The van der Waals surface area contributed by atoms with Gasteiger partial charge in [0, 0.05) is 17.9 Å². The molecule has 2 saturated carbocycles. The van der Waals surface area contributed by atoms with E-state index in [0.717, 1.165) is 50.5 Å². The van der Waals surface area contributed by atoms with Crippen molar-refractivity contribution >= 4 is 0 Å². The normalized spacial score (nSPS) is 28.1. The molecule has 0 amide bonds. The quantitative estimate of drug-likeness (QED) is 0.181. The molecule has 3 fully saturated rings. The van der Waals surface area contributed by atoms with Crippen LogP contribution >= 0.6 is 0 Å². The van der Waals surface area contributed by atoms with E-state index >= 15 is 0 Å². The molecule has 0 N–H and O–H groups in total. The summed E-state index contributed by atoms with van der Waals surface area (Å²) < 4.78 is 102. The Morgan fingerprint density at radius 3 is 1.84 bits per heavy atom. The molecule has 1 heterocycles. The lowest BCUT2D eigenvalue weighted by Gasteiger charge is -2.38. The predicted molar refractivity (Wildman–Crippen MR) is 158 cm³/mol. The van der Waals surface area contributed by atoms with Gasteiger partial charge < -0.3 is 18.9 Å². The van der Waals surface area contributed by atoms with Crippen LogP contribution in [-0.4, -0.2) is 32.0 Å². The number of benzene rings is 2. The van der Waals surface area contributed by atoms with E-state index in [-0.39, 0.29) is 25.0 Å². The number of ether oxygens (including phenoxy) is 4. The van der Waals surface area contributed by atoms with Gasteiger partial charge in [0.25, 0.3) is 0 Å². The summed E-state index contributed by atoms with van der Waals surface area (Å²) in [4.78, 5) is 0. The van der Waals surface area contributed by atoms with Gasteiger partial charge in [0.05, 0.1) is 19.1 Å². The van der Waals surface area contributed by atoms with Crippen LogP contribution in [0, 0.1) is 23.6 Å². The van der Waals surface area contributed by atoms with Gasteiger partial charge in [-0.1, -0.05) is 50.5 Å². The maximum absolute atomic E-state index is 14.9. The zero-order valence-corrected chi connectivity index (χ0v) is 25.8. The van der Waals surface area contributed by atoms with E-state index in [1.807, 2.05) is 0 Å². The van der Waals surface area contributed by atoms with Gasteiger partial charge in [-0.15, -0.1) is 13.2 Å². The average molecular weight is 643 g/mol. The first kappa shape index (κ1) is 33.9. The lowest BCUT2D eigenvalue weighted by atomic mass is 9.76. The van der Waals surface area contributed by atoms with Crippen LogP contribution in [-0.2, 0) is 9.47 Å². The third-order valence-corrected chi connectivity index (χ3v) is 9.83. The summed E-state index contributed by atoms with van der Waals surface area (Å²) in [6.07, 6.45) is 2.04. The SMILES string of the molecule is CCCCCC1COC(C2CCC(c3ccc(C4CCC(C(F)(F)Oc5ccc(OC(F)(F)F)c(F)c5)CC4)cc3)CC2)OC1. The summed E-state index contributed by atoms with van der Waals surface area (Å²) in [5.74, 6) is -2.56. The van der Waals surface area contributed by atoms with Crippen LogP contribution in [0.25, 0.3) is 0 Å². The smallest absolute Gasteiger partial charge is 0.432 e. The Morgan fingerprint density at radius 1 is 0.733 bits per heavy atom. The van der Waals surface area contributed by atoms with Crippen molar-refractivity contribution in [3.63, 3.8) is 0 Å². The molecule has 0 atom stereocenters. The standard InChI is InChI=1S/C35H44F6O4/c1-2-3-4-5-23-21-42-33(43-22-23)28-12-10-26(11-13-28)24-6-8-25(9-7-24)27-14-16-29(17-15-27)34(37,38)44-30-18-19-32(31(36)20-30)45-35(39,40)41/h6-9,18-20,23,26-29,33H,2-5,10-17,21-22H2,1H3. The number of rotatable bonds is 11. The molecule has 0 unspecified atom stereocenters. The summed E-state index contributed by atoms with van der Waals surface area (Å²) in [7, 11) is 0. The fourth-order valence-corrected chi connectivity index (χ4v) is 7.20. The van der Waals surface area contributed by atoms with E-state index in [9.17, 15) is 26.3 Å². The highest BCUT2D eigenvalue weighted by Crippen LogP contribution is 2.44. The topological polar surface area (TPSA) is 36.9 Å². The lowest BCUT2D eigenvalue weighted by molar-refractivity contribution is -0.275. The molecule has 0 radical (unpaired) electrons. The highest BCUT2D eigenvalue weighted by atomic mass is 19.4. The molecule has 45 heavy (non-hydrogen) atoms. The Kier molecular flexibility index (Phi) is 11.3. The first-order valence-electron chi connectivity index (χ1n) is 16.5. The zero-order valence-electron chi connectivity index (χ0n) is 25.8. The highest BCUT2D eigenvalue weighted by molar-refractivity contribution is 5.33. The number of halogens is 6. The van der Waals surface area contributed by atoms with Crippen molar-refractivity contribution in [2.24, 2.45) is 17.8 Å². The van der Waals surface area contributed by atoms with Gasteiger partial charge in [-0.2, -0.15) is 8.78 Å². The summed E-state index contributed by atoms with van der Waals surface area (Å²) in [5, 5.41) is 0. The minimum atomic E-state index is -5.09. The Hall–Kier alpha value is -2.46. The van der Waals surface area contributed by atoms with E-state index in [4.69, 9.17) is 14.2 Å². The van der Waals surface area contributed by atoms with Gasteiger partial charge in [-0.25, -0.2) is 4.39 Å². The fraction of sp³-hybridized carbons (Fsp3) is 0.657. The minimum absolute atomic E-state index is 0.0803. The van der Waals surface area contributed by atoms with Crippen molar-refractivity contribution in [3.05, 3.63) is 59.4 Å². The lowest BCUT2D eigenvalue weighted by Crippen LogP contribution is -2.38. The van der Waals surface area contributed by atoms with Crippen LogP contribution in [0.5, 0.6) is 11.5 Å². The van der Waals surface area contributed by atoms with Crippen molar-refractivity contribution in [1.29, 1.82) is 0 Å². The second kappa shape index (κ2) is 15.0. The van der Waals surface area contributed by atoms with Crippen LogP contribution in [0.4, 0.5) is 26.3 Å². The van der Waals surface area contributed by atoms with Gasteiger partial charge in [0.15, 0.2) is 17.9 Å².